The van der Waals surface area contributed by atoms with Gasteiger partial charge < -0.3 is 4.74 Å². The number of ether oxygens (including phenoxy) is 1. The third-order valence-electron chi connectivity index (χ3n) is 2.43. The Morgan fingerprint density at radius 1 is 1.00 bits per heavy atom. The van der Waals surface area contributed by atoms with Crippen molar-refractivity contribution < 1.29 is 9.13 Å². The molecule has 0 aromatic heterocycles. The van der Waals surface area contributed by atoms with Crippen LogP contribution in [0.4, 0.5) is 4.39 Å². The van der Waals surface area contributed by atoms with Gasteiger partial charge in [-0.3, -0.25) is 0 Å². The Kier molecular flexibility index (Phi) is 3.85. The van der Waals surface area contributed by atoms with Gasteiger partial charge in [-0.1, -0.05) is 42.5 Å². The summed E-state index contributed by atoms with van der Waals surface area (Å²) in [6.45, 7) is 0.309. The van der Waals surface area contributed by atoms with E-state index in [9.17, 15) is 4.39 Å². The van der Waals surface area contributed by atoms with Crippen molar-refractivity contribution in [2.24, 2.45) is 0 Å². The molecule has 1 atom stereocenters. The maximum atomic E-state index is 12.7. The standard InChI is InChI=1S/C14H13FNO/c15-13-8-6-11(7-9-13)10-17-14(16)12-4-2-1-3-5-12/h1-9,14,16H,10H2. The van der Waals surface area contributed by atoms with Crippen molar-refractivity contribution in [1.29, 1.82) is 0 Å². The second-order valence-electron chi connectivity index (χ2n) is 3.73. The summed E-state index contributed by atoms with van der Waals surface area (Å²) >= 11 is 0. The summed E-state index contributed by atoms with van der Waals surface area (Å²) < 4.78 is 18.1. The van der Waals surface area contributed by atoms with E-state index < -0.39 is 6.23 Å². The van der Waals surface area contributed by atoms with E-state index in [1.165, 1.54) is 12.1 Å². The van der Waals surface area contributed by atoms with Crippen LogP contribution in [0.1, 0.15) is 17.4 Å². The lowest BCUT2D eigenvalue weighted by molar-refractivity contribution is 0.0388. The minimum absolute atomic E-state index is 0.265. The first-order valence-electron chi connectivity index (χ1n) is 5.38. The molecule has 0 saturated carbocycles. The number of rotatable bonds is 4. The molecule has 0 fully saturated rings. The first-order chi connectivity index (χ1) is 8.25. The van der Waals surface area contributed by atoms with Crippen LogP contribution in [0.5, 0.6) is 0 Å². The summed E-state index contributed by atoms with van der Waals surface area (Å²) in [7, 11) is 0. The van der Waals surface area contributed by atoms with Gasteiger partial charge >= 0.3 is 0 Å². The normalized spacial score (nSPS) is 12.4. The van der Waals surface area contributed by atoms with Crippen molar-refractivity contribution in [3.8, 4) is 0 Å². The molecular formula is C14H13FNO. The topological polar surface area (TPSA) is 33.0 Å². The number of hydrogen-bond acceptors (Lipinski definition) is 1. The van der Waals surface area contributed by atoms with Gasteiger partial charge in [-0.25, -0.2) is 10.1 Å². The smallest absolute Gasteiger partial charge is 0.147 e. The molecule has 87 valence electrons. The fraction of sp³-hybridized carbons (Fsp3) is 0.143. The van der Waals surface area contributed by atoms with Gasteiger partial charge in [0.05, 0.1) is 6.61 Å². The second kappa shape index (κ2) is 5.57. The Morgan fingerprint density at radius 3 is 2.29 bits per heavy atom. The Morgan fingerprint density at radius 2 is 1.65 bits per heavy atom. The highest BCUT2D eigenvalue weighted by Crippen LogP contribution is 2.15. The maximum absolute atomic E-state index is 12.7. The Bertz CT molecular complexity index is 455. The van der Waals surface area contributed by atoms with Crippen LogP contribution in [0.3, 0.4) is 0 Å². The van der Waals surface area contributed by atoms with Gasteiger partial charge in [-0.15, -0.1) is 0 Å². The molecular weight excluding hydrogens is 217 g/mol. The minimum Gasteiger partial charge on any atom is -0.353 e. The number of benzene rings is 2. The number of halogens is 1. The SMILES string of the molecule is [NH]C(OCc1ccc(F)cc1)c1ccccc1. The van der Waals surface area contributed by atoms with E-state index in [2.05, 4.69) is 0 Å². The van der Waals surface area contributed by atoms with Gasteiger partial charge in [0.15, 0.2) is 0 Å². The molecule has 3 heteroatoms. The van der Waals surface area contributed by atoms with Gasteiger partial charge in [-0.05, 0) is 23.3 Å². The predicted molar refractivity (Wildman–Crippen MR) is 63.5 cm³/mol. The van der Waals surface area contributed by atoms with Crippen LogP contribution in [0.25, 0.3) is 0 Å². The van der Waals surface area contributed by atoms with E-state index in [1.807, 2.05) is 30.3 Å². The van der Waals surface area contributed by atoms with Crippen LogP contribution in [0, 0.1) is 5.82 Å². The quantitative estimate of drug-likeness (QED) is 0.793. The van der Waals surface area contributed by atoms with Crippen LogP contribution < -0.4 is 5.73 Å². The van der Waals surface area contributed by atoms with Crippen LogP contribution in [-0.4, -0.2) is 0 Å². The van der Waals surface area contributed by atoms with Crippen molar-refractivity contribution in [2.75, 3.05) is 0 Å². The Labute approximate surface area is 99.8 Å². The molecule has 2 rings (SSSR count). The molecule has 0 aliphatic rings. The molecule has 2 aromatic rings. The Balaban J connectivity index is 1.92. The zero-order valence-corrected chi connectivity index (χ0v) is 9.27. The largest absolute Gasteiger partial charge is 0.353 e. The fourth-order valence-corrected chi connectivity index (χ4v) is 1.48. The zero-order valence-electron chi connectivity index (χ0n) is 9.27. The van der Waals surface area contributed by atoms with E-state index in [-0.39, 0.29) is 5.82 Å². The molecule has 0 saturated heterocycles. The van der Waals surface area contributed by atoms with Gasteiger partial charge in [0.25, 0.3) is 0 Å². The lowest BCUT2D eigenvalue weighted by atomic mass is 10.2. The van der Waals surface area contributed by atoms with Crippen molar-refractivity contribution in [3.05, 3.63) is 71.5 Å². The monoisotopic (exact) mass is 230 g/mol. The Hall–Kier alpha value is -1.71. The molecule has 0 heterocycles. The highest BCUT2D eigenvalue weighted by atomic mass is 19.1. The van der Waals surface area contributed by atoms with Gasteiger partial charge in [0.2, 0.25) is 0 Å². The fourth-order valence-electron chi connectivity index (χ4n) is 1.48. The molecule has 0 spiro atoms. The molecule has 1 N–H and O–H groups in total. The lowest BCUT2D eigenvalue weighted by Gasteiger charge is -2.12. The highest BCUT2D eigenvalue weighted by Gasteiger charge is 2.06. The number of hydrogen-bond donors (Lipinski definition) is 0. The predicted octanol–water partition coefficient (Wildman–Crippen LogP) is 3.32. The first-order valence-corrected chi connectivity index (χ1v) is 5.38. The van der Waals surface area contributed by atoms with Crippen LogP contribution in [0.15, 0.2) is 54.6 Å². The number of nitrogens with one attached hydrogen (secondary N) is 1. The van der Waals surface area contributed by atoms with Crippen LogP contribution in [-0.2, 0) is 11.3 Å². The summed E-state index contributed by atoms with van der Waals surface area (Å²) in [6.07, 6.45) is -0.707. The first kappa shape index (κ1) is 11.8. The third-order valence-corrected chi connectivity index (χ3v) is 2.43. The van der Waals surface area contributed by atoms with Crippen LogP contribution in [0.2, 0.25) is 0 Å². The summed E-state index contributed by atoms with van der Waals surface area (Å²) in [5.74, 6) is -0.265. The van der Waals surface area contributed by atoms with Crippen LogP contribution >= 0.6 is 0 Å². The van der Waals surface area contributed by atoms with Crippen molar-refractivity contribution in [1.82, 2.24) is 5.73 Å². The van der Waals surface area contributed by atoms with Crippen molar-refractivity contribution >= 4 is 0 Å². The molecule has 1 unspecified atom stereocenters. The summed E-state index contributed by atoms with van der Waals surface area (Å²) in [6, 6.07) is 15.4. The second-order valence-corrected chi connectivity index (χ2v) is 3.73. The van der Waals surface area contributed by atoms with E-state index in [4.69, 9.17) is 10.5 Å². The molecule has 17 heavy (non-hydrogen) atoms. The molecule has 2 nitrogen and oxygen atoms in total. The van der Waals surface area contributed by atoms with Crippen molar-refractivity contribution in [3.63, 3.8) is 0 Å². The van der Waals surface area contributed by atoms with E-state index in [1.54, 1.807) is 12.1 Å². The lowest BCUT2D eigenvalue weighted by Crippen LogP contribution is -2.05. The van der Waals surface area contributed by atoms with Gasteiger partial charge in [0, 0.05) is 0 Å². The van der Waals surface area contributed by atoms with E-state index >= 15 is 0 Å². The van der Waals surface area contributed by atoms with Gasteiger partial charge in [-0.2, -0.15) is 0 Å². The third kappa shape index (κ3) is 3.37. The molecule has 0 aliphatic heterocycles. The summed E-state index contributed by atoms with van der Waals surface area (Å²) in [5, 5.41) is 0. The summed E-state index contributed by atoms with van der Waals surface area (Å²) in [5.41, 5.74) is 9.48. The molecule has 1 radical (unpaired) electrons. The highest BCUT2D eigenvalue weighted by molar-refractivity contribution is 5.17. The summed E-state index contributed by atoms with van der Waals surface area (Å²) in [4.78, 5) is 0. The van der Waals surface area contributed by atoms with Crippen molar-refractivity contribution in [2.45, 2.75) is 12.8 Å². The van der Waals surface area contributed by atoms with Gasteiger partial charge in [0.1, 0.15) is 12.0 Å². The molecule has 2 aromatic carbocycles. The van der Waals surface area contributed by atoms with E-state index in [0.29, 0.717) is 6.61 Å². The average molecular weight is 230 g/mol. The van der Waals surface area contributed by atoms with E-state index in [0.717, 1.165) is 11.1 Å². The molecule has 0 bridgehead atoms. The average Bonchev–Trinajstić information content (AvgIpc) is 2.39. The maximum Gasteiger partial charge on any atom is 0.147 e. The molecule has 0 amide bonds. The zero-order chi connectivity index (χ0) is 12.1. The minimum atomic E-state index is -0.707. The molecule has 0 aliphatic carbocycles.